The van der Waals surface area contributed by atoms with Gasteiger partial charge in [0.15, 0.2) is 0 Å². The Labute approximate surface area is 233 Å². The van der Waals surface area contributed by atoms with Crippen LogP contribution in [-0.4, -0.2) is 71.3 Å². The van der Waals surface area contributed by atoms with Crippen molar-refractivity contribution in [3.63, 3.8) is 0 Å². The van der Waals surface area contributed by atoms with Crippen molar-refractivity contribution in [2.24, 2.45) is 0 Å². The number of amides is 3. The molecule has 0 radical (unpaired) electrons. The quantitative estimate of drug-likeness (QED) is 0.314. The summed E-state index contributed by atoms with van der Waals surface area (Å²) < 4.78 is 16.0. The molecule has 1 unspecified atom stereocenters. The molecule has 0 fully saturated rings. The van der Waals surface area contributed by atoms with Gasteiger partial charge in [-0.15, -0.1) is 0 Å². The summed E-state index contributed by atoms with van der Waals surface area (Å²) in [6, 6.07) is 15.6. The molecule has 0 spiro atoms. The number of aliphatic carboxylic acids is 1. The molecule has 3 N–H and O–H groups in total. The average Bonchev–Trinajstić information content (AvgIpc) is 3.15. The molecule has 216 valence electrons. The summed E-state index contributed by atoms with van der Waals surface area (Å²) >= 11 is 0. The van der Waals surface area contributed by atoms with E-state index >= 15 is 0 Å². The molecule has 0 aromatic heterocycles. The van der Waals surface area contributed by atoms with Gasteiger partial charge < -0.3 is 24.6 Å². The zero-order chi connectivity index (χ0) is 29.7. The highest BCUT2D eigenvalue weighted by Gasteiger charge is 2.35. The Morgan fingerprint density at radius 2 is 1.38 bits per heavy atom. The lowest BCUT2D eigenvalue weighted by Crippen LogP contribution is -2.57. The molecule has 3 amide bonds. The Hall–Kier alpha value is -4.28. The second-order valence-corrected chi connectivity index (χ2v) is 11.3. The minimum atomic E-state index is -1.83. The molecule has 3 rings (SSSR count). The van der Waals surface area contributed by atoms with Gasteiger partial charge in [0.05, 0.1) is 0 Å². The van der Waals surface area contributed by atoms with Gasteiger partial charge in [-0.2, -0.15) is 0 Å². The van der Waals surface area contributed by atoms with Gasteiger partial charge in [-0.1, -0.05) is 48.5 Å². The fourth-order valence-corrected chi connectivity index (χ4v) is 4.26. The number of benzene rings is 2. The van der Waals surface area contributed by atoms with E-state index in [9.17, 15) is 24.3 Å². The largest absolute Gasteiger partial charge is 0.478 e. The zero-order valence-corrected chi connectivity index (χ0v) is 23.6. The third-order valence-corrected chi connectivity index (χ3v) is 5.79. The molecule has 1 aliphatic rings. The lowest BCUT2D eigenvalue weighted by molar-refractivity contribution is -0.144. The van der Waals surface area contributed by atoms with Crippen molar-refractivity contribution in [2.45, 2.75) is 64.8 Å². The first-order chi connectivity index (χ1) is 18.7. The predicted octanol–water partition coefficient (Wildman–Crippen LogP) is 4.70. The maximum Gasteiger partial charge on any atom is 0.412 e. The molecular formula is C29H37N3O8. The van der Waals surface area contributed by atoms with E-state index in [0.717, 1.165) is 27.2 Å². The number of nitrogens with one attached hydrogen (secondary N) is 2. The standard InChI is InChI=1S/C29H37N3O8/c1-28(2,3)39-25(35)30-15-16-32(27(37)40-29(4,5)6)23(24(33)34)31-26(36)38-17-22-20-13-9-7-11-18(20)19-12-8-10-14-21(19)22/h7-14,22-23H,15-17H2,1-6H3,(H,30,35)(H,31,36)(H,33,34). The van der Waals surface area contributed by atoms with Crippen LogP contribution in [-0.2, 0) is 19.0 Å². The first-order valence-electron chi connectivity index (χ1n) is 13.0. The van der Waals surface area contributed by atoms with Gasteiger partial charge in [-0.05, 0) is 63.8 Å². The van der Waals surface area contributed by atoms with Crippen molar-refractivity contribution in [3.8, 4) is 11.1 Å². The maximum atomic E-state index is 12.9. The smallest absolute Gasteiger partial charge is 0.412 e. The SMILES string of the molecule is CC(C)(C)OC(=O)NCCN(C(=O)OC(C)(C)C)C(NC(=O)OCC1c2ccccc2-c2ccccc21)C(=O)O. The molecule has 0 saturated carbocycles. The van der Waals surface area contributed by atoms with Gasteiger partial charge in [0, 0.05) is 19.0 Å². The fourth-order valence-electron chi connectivity index (χ4n) is 4.26. The van der Waals surface area contributed by atoms with Crippen molar-refractivity contribution < 1.29 is 38.5 Å². The third kappa shape index (κ3) is 8.11. The first-order valence-corrected chi connectivity index (χ1v) is 13.0. The molecule has 2 aromatic rings. The number of carboxylic acids is 1. The predicted molar refractivity (Wildman–Crippen MR) is 147 cm³/mol. The Kier molecular flexibility index (Phi) is 9.28. The summed E-state index contributed by atoms with van der Waals surface area (Å²) in [6.07, 6.45) is -4.59. The number of ether oxygens (including phenoxy) is 3. The van der Waals surface area contributed by atoms with E-state index in [0.29, 0.717) is 0 Å². The molecule has 11 heteroatoms. The van der Waals surface area contributed by atoms with E-state index in [2.05, 4.69) is 10.6 Å². The van der Waals surface area contributed by atoms with Gasteiger partial charge in [0.25, 0.3) is 0 Å². The number of carbonyl (C=O) groups is 4. The molecular weight excluding hydrogens is 518 g/mol. The lowest BCUT2D eigenvalue weighted by Gasteiger charge is -2.31. The van der Waals surface area contributed by atoms with Crippen LogP contribution in [0.1, 0.15) is 58.6 Å². The van der Waals surface area contributed by atoms with Crippen LogP contribution in [0.3, 0.4) is 0 Å². The maximum absolute atomic E-state index is 12.9. The number of carboxylic acid groups (broad SMARTS) is 1. The van der Waals surface area contributed by atoms with E-state index in [1.54, 1.807) is 41.5 Å². The van der Waals surface area contributed by atoms with Gasteiger partial charge in [-0.3, -0.25) is 10.2 Å². The van der Waals surface area contributed by atoms with Crippen molar-refractivity contribution in [2.75, 3.05) is 19.7 Å². The van der Waals surface area contributed by atoms with Crippen LogP contribution in [0.4, 0.5) is 14.4 Å². The summed E-state index contributed by atoms with van der Waals surface area (Å²) in [7, 11) is 0. The van der Waals surface area contributed by atoms with E-state index in [-0.39, 0.29) is 25.6 Å². The van der Waals surface area contributed by atoms with Crippen LogP contribution in [0.25, 0.3) is 11.1 Å². The summed E-state index contributed by atoms with van der Waals surface area (Å²) in [4.78, 5) is 50.8. The minimum absolute atomic E-state index is 0.0428. The second kappa shape index (κ2) is 12.3. The molecule has 0 aliphatic heterocycles. The number of fused-ring (bicyclic) bond motifs is 3. The number of hydrogen-bond donors (Lipinski definition) is 3. The van der Waals surface area contributed by atoms with Crippen LogP contribution in [0.5, 0.6) is 0 Å². The van der Waals surface area contributed by atoms with Crippen molar-refractivity contribution in [1.82, 2.24) is 15.5 Å². The Balaban J connectivity index is 1.71. The fraction of sp³-hybridized carbons (Fsp3) is 0.448. The number of carbonyl (C=O) groups excluding carboxylic acids is 3. The molecule has 1 aliphatic carbocycles. The molecule has 1 atom stereocenters. The van der Waals surface area contributed by atoms with Crippen LogP contribution in [0.15, 0.2) is 48.5 Å². The van der Waals surface area contributed by atoms with Crippen molar-refractivity contribution in [1.29, 1.82) is 0 Å². The monoisotopic (exact) mass is 555 g/mol. The Morgan fingerprint density at radius 1 is 0.850 bits per heavy atom. The van der Waals surface area contributed by atoms with Crippen molar-refractivity contribution >= 4 is 24.2 Å². The summed E-state index contributed by atoms with van der Waals surface area (Å²) in [5.74, 6) is -1.75. The summed E-state index contributed by atoms with van der Waals surface area (Å²) in [5.41, 5.74) is 2.39. The Bertz CT molecular complexity index is 1200. The number of alkyl carbamates (subject to hydrolysis) is 2. The number of hydrogen-bond acceptors (Lipinski definition) is 7. The second-order valence-electron chi connectivity index (χ2n) is 11.3. The number of rotatable bonds is 8. The highest BCUT2D eigenvalue weighted by Crippen LogP contribution is 2.44. The van der Waals surface area contributed by atoms with E-state index in [1.165, 1.54) is 0 Å². The van der Waals surface area contributed by atoms with Gasteiger partial charge in [-0.25, -0.2) is 19.2 Å². The summed E-state index contributed by atoms with van der Waals surface area (Å²) in [5, 5.41) is 14.6. The number of nitrogens with zero attached hydrogens (tertiary/aromatic N) is 1. The average molecular weight is 556 g/mol. The van der Waals surface area contributed by atoms with E-state index in [1.807, 2.05) is 48.5 Å². The topological polar surface area (TPSA) is 144 Å². The van der Waals surface area contributed by atoms with Crippen LogP contribution in [0, 0.1) is 0 Å². The molecule has 2 aromatic carbocycles. The first kappa shape index (κ1) is 30.3. The normalized spacial score (nSPS) is 13.3. The highest BCUT2D eigenvalue weighted by molar-refractivity contribution is 5.84. The minimum Gasteiger partial charge on any atom is -0.478 e. The molecule has 40 heavy (non-hydrogen) atoms. The molecule has 0 heterocycles. The van der Waals surface area contributed by atoms with Crippen molar-refractivity contribution in [3.05, 3.63) is 59.7 Å². The van der Waals surface area contributed by atoms with Gasteiger partial charge >= 0.3 is 24.2 Å². The van der Waals surface area contributed by atoms with Crippen LogP contribution >= 0.6 is 0 Å². The highest BCUT2D eigenvalue weighted by atomic mass is 16.6. The van der Waals surface area contributed by atoms with Crippen LogP contribution in [0.2, 0.25) is 0 Å². The third-order valence-electron chi connectivity index (χ3n) is 5.79. The van der Waals surface area contributed by atoms with E-state index < -0.39 is 41.6 Å². The Morgan fingerprint density at radius 3 is 1.88 bits per heavy atom. The van der Waals surface area contributed by atoms with Gasteiger partial charge in [0.2, 0.25) is 6.17 Å². The summed E-state index contributed by atoms with van der Waals surface area (Å²) in [6.45, 7) is 9.44. The van der Waals surface area contributed by atoms with Gasteiger partial charge in [0.1, 0.15) is 17.8 Å². The molecule has 0 bridgehead atoms. The van der Waals surface area contributed by atoms with Crippen LogP contribution < -0.4 is 10.6 Å². The van der Waals surface area contributed by atoms with E-state index in [4.69, 9.17) is 14.2 Å². The lowest BCUT2D eigenvalue weighted by atomic mass is 9.98. The zero-order valence-electron chi connectivity index (χ0n) is 23.6. The molecule has 0 saturated heterocycles. The molecule has 11 nitrogen and oxygen atoms in total.